The Bertz CT molecular complexity index is 581. The third-order valence-corrected chi connectivity index (χ3v) is 5.86. The number of ether oxygens (including phenoxy) is 1. The Kier molecular flexibility index (Phi) is 5.18. The number of nitrogens with one attached hydrogen (secondary N) is 1. The summed E-state index contributed by atoms with van der Waals surface area (Å²) in [6.45, 7) is 0.925. The summed E-state index contributed by atoms with van der Waals surface area (Å²) in [7, 11) is 0. The predicted molar refractivity (Wildman–Crippen MR) is 91.6 cm³/mol. The highest BCUT2D eigenvalue weighted by Crippen LogP contribution is 2.52. The Morgan fingerprint density at radius 3 is 2.40 bits per heavy atom. The summed E-state index contributed by atoms with van der Waals surface area (Å²) >= 11 is 0. The summed E-state index contributed by atoms with van der Waals surface area (Å²) in [5, 5.41) is 2.77. The van der Waals surface area contributed by atoms with Crippen LogP contribution in [0.25, 0.3) is 0 Å². The third kappa shape index (κ3) is 2.98. The van der Waals surface area contributed by atoms with Gasteiger partial charge in [0.15, 0.2) is 0 Å². The number of carbonyl (C=O) groups is 3. The van der Waals surface area contributed by atoms with Crippen LogP contribution in [0.5, 0.6) is 0 Å². The number of halogens is 1. The molecule has 3 fully saturated rings. The lowest BCUT2D eigenvalue weighted by atomic mass is 9.85. The number of rotatable bonds is 5. The van der Waals surface area contributed by atoms with Crippen LogP contribution in [0.2, 0.25) is 0 Å². The van der Waals surface area contributed by atoms with Crippen LogP contribution in [0.15, 0.2) is 12.2 Å². The van der Waals surface area contributed by atoms with Crippen molar-refractivity contribution in [2.75, 3.05) is 19.6 Å². The van der Waals surface area contributed by atoms with E-state index in [9.17, 15) is 14.4 Å². The number of hydrogen-bond donors (Lipinski definition) is 2. The number of nitrogens with zero attached hydrogens (tertiary/aromatic N) is 1. The van der Waals surface area contributed by atoms with E-state index in [0.717, 1.165) is 12.8 Å². The smallest absolute Gasteiger partial charge is 0.249 e. The number of nitrogens with two attached hydrogens (primary N) is 1. The highest BCUT2D eigenvalue weighted by Gasteiger charge is 2.58. The van der Waals surface area contributed by atoms with Gasteiger partial charge in [0.05, 0.1) is 17.9 Å². The molecule has 4 rings (SSSR count). The lowest BCUT2D eigenvalue weighted by Gasteiger charge is -2.18. The Labute approximate surface area is 152 Å². The summed E-state index contributed by atoms with van der Waals surface area (Å²) in [5.74, 6) is -0.245. The van der Waals surface area contributed by atoms with Crippen molar-refractivity contribution in [1.29, 1.82) is 0 Å². The van der Waals surface area contributed by atoms with Gasteiger partial charge < -0.3 is 15.8 Å². The molecule has 2 heterocycles. The molecule has 138 valence electrons. The predicted octanol–water partition coefficient (Wildman–Crippen LogP) is -0.162. The van der Waals surface area contributed by atoms with Crippen molar-refractivity contribution in [2.24, 2.45) is 29.4 Å². The zero-order chi connectivity index (χ0) is 16.8. The van der Waals surface area contributed by atoms with Crippen LogP contribution in [-0.2, 0) is 19.1 Å². The van der Waals surface area contributed by atoms with Crippen LogP contribution >= 0.6 is 12.4 Å². The molecule has 7 nitrogen and oxygen atoms in total. The van der Waals surface area contributed by atoms with Gasteiger partial charge in [-0.1, -0.05) is 12.2 Å². The number of imide groups is 1. The van der Waals surface area contributed by atoms with Crippen molar-refractivity contribution < 1.29 is 19.1 Å². The van der Waals surface area contributed by atoms with E-state index in [1.54, 1.807) is 0 Å². The molecular formula is C17H24ClN3O4. The fraction of sp³-hybridized carbons (Fsp3) is 0.706. The summed E-state index contributed by atoms with van der Waals surface area (Å²) in [5.41, 5.74) is 5.54. The molecule has 4 unspecified atom stereocenters. The quantitative estimate of drug-likeness (QED) is 0.518. The third-order valence-electron chi connectivity index (χ3n) is 5.86. The van der Waals surface area contributed by atoms with Crippen molar-refractivity contribution >= 4 is 30.1 Å². The van der Waals surface area contributed by atoms with Crippen LogP contribution in [0.1, 0.15) is 19.3 Å². The van der Waals surface area contributed by atoms with Crippen LogP contribution in [0.3, 0.4) is 0 Å². The fourth-order valence-corrected chi connectivity index (χ4v) is 4.66. The second-order valence-corrected chi connectivity index (χ2v) is 7.18. The molecule has 6 atom stereocenters. The lowest BCUT2D eigenvalue weighted by molar-refractivity contribution is -0.141. The largest absolute Gasteiger partial charge is 0.364 e. The van der Waals surface area contributed by atoms with Crippen molar-refractivity contribution in [3.05, 3.63) is 12.2 Å². The molecule has 0 aromatic rings. The molecule has 4 aliphatic rings. The standard InChI is InChI=1S/C17H23N3O4.ClH/c18-8-11-3-4-12(24-11)15(21)19-5-6-20-16(22)13-9-1-2-10(7-9)14(13)17(20)23;/h1-2,9-14H,3-8,18H2,(H,19,21);1H/t9?,10?,11-,12+,13?,14?;/m1./s1. The first-order chi connectivity index (χ1) is 11.6. The Balaban J connectivity index is 0.00000182. The van der Waals surface area contributed by atoms with Crippen LogP contribution in [0, 0.1) is 23.7 Å². The number of allylic oxidation sites excluding steroid dienone is 2. The van der Waals surface area contributed by atoms with Gasteiger partial charge in [0.2, 0.25) is 17.7 Å². The molecule has 2 saturated heterocycles. The first-order valence-corrected chi connectivity index (χ1v) is 8.77. The van der Waals surface area contributed by atoms with Crippen LogP contribution < -0.4 is 11.1 Å². The van der Waals surface area contributed by atoms with E-state index in [1.807, 2.05) is 0 Å². The van der Waals surface area contributed by atoms with Gasteiger partial charge >= 0.3 is 0 Å². The maximum atomic E-state index is 12.5. The SMILES string of the molecule is Cl.NC[C@H]1CC[C@@H](C(=O)NCCN2C(=O)C3C4C=CC(C4)C3C2=O)O1. The lowest BCUT2D eigenvalue weighted by Crippen LogP contribution is -2.42. The number of carbonyl (C=O) groups excluding carboxylic acids is 3. The van der Waals surface area contributed by atoms with Gasteiger partial charge in [-0.25, -0.2) is 0 Å². The fourth-order valence-electron chi connectivity index (χ4n) is 4.66. The van der Waals surface area contributed by atoms with Gasteiger partial charge in [0.1, 0.15) is 6.10 Å². The summed E-state index contributed by atoms with van der Waals surface area (Å²) in [4.78, 5) is 38.5. The van der Waals surface area contributed by atoms with E-state index in [2.05, 4.69) is 17.5 Å². The molecule has 25 heavy (non-hydrogen) atoms. The molecule has 0 spiro atoms. The second kappa shape index (κ2) is 7.05. The summed E-state index contributed by atoms with van der Waals surface area (Å²) in [6, 6.07) is 0. The van der Waals surface area contributed by atoms with Gasteiger partial charge in [0.25, 0.3) is 0 Å². The van der Waals surface area contributed by atoms with Crippen molar-refractivity contribution in [3.8, 4) is 0 Å². The van der Waals surface area contributed by atoms with Crippen molar-refractivity contribution in [3.63, 3.8) is 0 Å². The molecule has 2 aliphatic carbocycles. The van der Waals surface area contributed by atoms with E-state index in [0.29, 0.717) is 13.0 Å². The van der Waals surface area contributed by atoms with Crippen LogP contribution in [0.4, 0.5) is 0 Å². The van der Waals surface area contributed by atoms with E-state index in [4.69, 9.17) is 10.5 Å². The molecule has 3 N–H and O–H groups in total. The molecule has 0 aromatic carbocycles. The van der Waals surface area contributed by atoms with E-state index < -0.39 is 6.10 Å². The molecule has 0 radical (unpaired) electrons. The normalized spacial score (nSPS) is 38.2. The summed E-state index contributed by atoms with van der Waals surface area (Å²) < 4.78 is 5.54. The van der Waals surface area contributed by atoms with E-state index in [-0.39, 0.29) is 73.0 Å². The van der Waals surface area contributed by atoms with Crippen LogP contribution in [-0.4, -0.2) is 54.5 Å². The Morgan fingerprint density at radius 2 is 1.84 bits per heavy atom. The van der Waals surface area contributed by atoms with Gasteiger partial charge in [-0.2, -0.15) is 0 Å². The molecule has 8 heteroatoms. The maximum absolute atomic E-state index is 12.5. The first-order valence-electron chi connectivity index (χ1n) is 8.77. The molecular weight excluding hydrogens is 346 g/mol. The average molecular weight is 370 g/mol. The average Bonchev–Trinajstić information content (AvgIpc) is 3.34. The number of likely N-dealkylation sites (tertiary alicyclic amines) is 1. The monoisotopic (exact) mass is 369 g/mol. The highest BCUT2D eigenvalue weighted by atomic mass is 35.5. The van der Waals surface area contributed by atoms with Gasteiger partial charge in [-0.15, -0.1) is 12.4 Å². The number of amides is 3. The molecule has 0 aromatic heterocycles. The zero-order valence-electron chi connectivity index (χ0n) is 13.9. The minimum Gasteiger partial charge on any atom is -0.364 e. The Hall–Kier alpha value is -1.44. The first kappa shape index (κ1) is 18.4. The maximum Gasteiger partial charge on any atom is 0.249 e. The zero-order valence-corrected chi connectivity index (χ0v) is 14.7. The van der Waals surface area contributed by atoms with Crippen molar-refractivity contribution in [2.45, 2.75) is 31.5 Å². The van der Waals surface area contributed by atoms with Crippen molar-refractivity contribution in [1.82, 2.24) is 10.2 Å². The molecule has 1 saturated carbocycles. The highest BCUT2D eigenvalue weighted by molar-refractivity contribution is 6.06. The minimum absolute atomic E-state index is 0. The minimum atomic E-state index is -0.469. The topological polar surface area (TPSA) is 102 Å². The van der Waals surface area contributed by atoms with Gasteiger partial charge in [0, 0.05) is 19.6 Å². The number of fused-ring (bicyclic) bond motifs is 5. The molecule has 2 aliphatic heterocycles. The van der Waals surface area contributed by atoms with E-state index >= 15 is 0 Å². The summed E-state index contributed by atoms with van der Waals surface area (Å²) in [6.07, 6.45) is 6.01. The van der Waals surface area contributed by atoms with Gasteiger partial charge in [-0.05, 0) is 31.1 Å². The second-order valence-electron chi connectivity index (χ2n) is 7.18. The molecule has 3 amide bonds. The van der Waals surface area contributed by atoms with E-state index in [1.165, 1.54) is 4.90 Å². The number of hydrogen-bond acceptors (Lipinski definition) is 5. The van der Waals surface area contributed by atoms with Gasteiger partial charge in [-0.3, -0.25) is 19.3 Å². The molecule has 2 bridgehead atoms. The Morgan fingerprint density at radius 1 is 1.20 bits per heavy atom.